The molecule has 0 bridgehead atoms. The van der Waals surface area contributed by atoms with Crippen LogP contribution < -0.4 is 5.73 Å². The Bertz CT molecular complexity index is 321. The predicted molar refractivity (Wildman–Crippen MR) is 83.4 cm³/mol. The fraction of sp³-hybridized carbons (Fsp3) is 0.941. The first-order valence-corrected chi connectivity index (χ1v) is 8.57. The minimum atomic E-state index is 0.187. The van der Waals surface area contributed by atoms with Crippen LogP contribution in [-0.2, 0) is 4.79 Å². The molecule has 0 aliphatic heterocycles. The minimum Gasteiger partial charge on any atom is -0.339 e. The van der Waals surface area contributed by atoms with Gasteiger partial charge in [0.25, 0.3) is 0 Å². The van der Waals surface area contributed by atoms with Crippen molar-refractivity contribution in [3.63, 3.8) is 0 Å². The molecule has 3 nitrogen and oxygen atoms in total. The zero-order chi connectivity index (χ0) is 14.6. The number of carbonyl (C=O) groups is 1. The molecule has 1 atom stereocenters. The minimum absolute atomic E-state index is 0.187. The Morgan fingerprint density at radius 2 is 1.85 bits per heavy atom. The summed E-state index contributed by atoms with van der Waals surface area (Å²) in [5.41, 5.74) is 5.86. The lowest BCUT2D eigenvalue weighted by Gasteiger charge is -2.38. The molecule has 2 N–H and O–H groups in total. The molecule has 0 aromatic heterocycles. The molecule has 0 heterocycles. The molecule has 2 rings (SSSR count). The smallest absolute Gasteiger partial charge is 0.226 e. The van der Waals surface area contributed by atoms with Gasteiger partial charge in [0.05, 0.1) is 0 Å². The fourth-order valence-electron chi connectivity index (χ4n) is 4.11. The number of rotatable bonds is 5. The molecule has 2 aliphatic carbocycles. The van der Waals surface area contributed by atoms with E-state index in [0.29, 0.717) is 18.5 Å². The van der Waals surface area contributed by atoms with Crippen molar-refractivity contribution < 1.29 is 4.79 Å². The van der Waals surface area contributed by atoms with Crippen LogP contribution in [0.4, 0.5) is 0 Å². The van der Waals surface area contributed by atoms with Crippen molar-refractivity contribution >= 4 is 5.91 Å². The molecule has 116 valence electrons. The predicted octanol–water partition coefficient (Wildman–Crippen LogP) is 3.32. The summed E-state index contributed by atoms with van der Waals surface area (Å²) < 4.78 is 0. The highest BCUT2D eigenvalue weighted by atomic mass is 16.2. The topological polar surface area (TPSA) is 46.3 Å². The highest BCUT2D eigenvalue weighted by Crippen LogP contribution is 2.44. The summed E-state index contributed by atoms with van der Waals surface area (Å²) in [5.74, 6) is 0.662. The number of hydrogen-bond donors (Lipinski definition) is 1. The molecule has 0 aromatic rings. The SMILES string of the molecule is CC1(C)CCCC1C(=O)N(CCCN)C1CCCCC1. The van der Waals surface area contributed by atoms with Crippen LogP contribution in [-0.4, -0.2) is 29.9 Å². The third kappa shape index (κ3) is 3.55. The van der Waals surface area contributed by atoms with E-state index < -0.39 is 0 Å². The summed E-state index contributed by atoms with van der Waals surface area (Å²) in [7, 11) is 0. The van der Waals surface area contributed by atoms with Crippen LogP contribution in [0.3, 0.4) is 0 Å². The molecular weight excluding hydrogens is 248 g/mol. The molecular formula is C17H32N2O. The van der Waals surface area contributed by atoms with Crippen molar-refractivity contribution in [1.82, 2.24) is 4.90 Å². The van der Waals surface area contributed by atoms with Crippen LogP contribution in [0.1, 0.15) is 71.6 Å². The third-order valence-corrected chi connectivity index (χ3v) is 5.46. The van der Waals surface area contributed by atoms with Crippen molar-refractivity contribution in [2.45, 2.75) is 77.7 Å². The van der Waals surface area contributed by atoms with Crippen LogP contribution in [0.25, 0.3) is 0 Å². The Morgan fingerprint density at radius 3 is 2.40 bits per heavy atom. The van der Waals surface area contributed by atoms with Gasteiger partial charge in [-0.15, -0.1) is 0 Å². The third-order valence-electron chi connectivity index (χ3n) is 5.46. The Kier molecular flexibility index (Phi) is 5.48. The Labute approximate surface area is 124 Å². The molecule has 20 heavy (non-hydrogen) atoms. The van der Waals surface area contributed by atoms with Gasteiger partial charge in [-0.2, -0.15) is 0 Å². The van der Waals surface area contributed by atoms with Gasteiger partial charge in [-0.1, -0.05) is 39.5 Å². The first kappa shape index (κ1) is 15.8. The number of hydrogen-bond acceptors (Lipinski definition) is 2. The first-order valence-electron chi connectivity index (χ1n) is 8.57. The largest absolute Gasteiger partial charge is 0.339 e. The van der Waals surface area contributed by atoms with Gasteiger partial charge in [0.1, 0.15) is 0 Å². The van der Waals surface area contributed by atoms with E-state index >= 15 is 0 Å². The van der Waals surface area contributed by atoms with Gasteiger partial charge in [0, 0.05) is 18.5 Å². The molecule has 0 aromatic carbocycles. The van der Waals surface area contributed by atoms with E-state index in [1.807, 2.05) is 0 Å². The second-order valence-corrected chi connectivity index (χ2v) is 7.40. The highest BCUT2D eigenvalue weighted by Gasteiger charge is 2.42. The van der Waals surface area contributed by atoms with Crippen LogP contribution in [0, 0.1) is 11.3 Å². The van der Waals surface area contributed by atoms with E-state index in [4.69, 9.17) is 5.73 Å². The van der Waals surface area contributed by atoms with Crippen LogP contribution in [0.15, 0.2) is 0 Å². The Balaban J connectivity index is 2.06. The molecule has 0 saturated heterocycles. The second kappa shape index (κ2) is 6.93. The van der Waals surface area contributed by atoms with Crippen molar-refractivity contribution in [3.05, 3.63) is 0 Å². The van der Waals surface area contributed by atoms with Crippen molar-refractivity contribution in [2.75, 3.05) is 13.1 Å². The second-order valence-electron chi connectivity index (χ2n) is 7.40. The van der Waals surface area contributed by atoms with E-state index in [1.165, 1.54) is 44.9 Å². The molecule has 1 amide bonds. The number of nitrogens with zero attached hydrogens (tertiary/aromatic N) is 1. The monoisotopic (exact) mass is 280 g/mol. The average Bonchev–Trinajstić information content (AvgIpc) is 2.79. The summed E-state index contributed by atoms with van der Waals surface area (Å²) in [5, 5.41) is 0. The summed E-state index contributed by atoms with van der Waals surface area (Å²) in [6, 6.07) is 0.485. The standard InChI is InChI=1S/C17H32N2O/c1-17(2)11-6-10-15(17)16(20)19(13-7-12-18)14-8-4-3-5-9-14/h14-15H,3-13,18H2,1-2H3. The van der Waals surface area contributed by atoms with Gasteiger partial charge in [-0.05, 0) is 44.1 Å². The number of carbonyl (C=O) groups excluding carboxylic acids is 1. The van der Waals surface area contributed by atoms with Gasteiger partial charge in [0.15, 0.2) is 0 Å². The molecule has 0 spiro atoms. The molecule has 1 unspecified atom stereocenters. The molecule has 2 fully saturated rings. The Morgan fingerprint density at radius 1 is 1.15 bits per heavy atom. The van der Waals surface area contributed by atoms with Crippen molar-refractivity contribution in [2.24, 2.45) is 17.1 Å². The lowest BCUT2D eigenvalue weighted by molar-refractivity contribution is -0.141. The maximum absolute atomic E-state index is 13.1. The summed E-state index contributed by atoms with van der Waals surface area (Å²) in [6.45, 7) is 6.09. The lowest BCUT2D eigenvalue weighted by Crippen LogP contribution is -2.47. The summed E-state index contributed by atoms with van der Waals surface area (Å²) >= 11 is 0. The van der Waals surface area contributed by atoms with E-state index in [9.17, 15) is 4.79 Å². The molecule has 0 radical (unpaired) electrons. The van der Waals surface area contributed by atoms with Gasteiger partial charge in [-0.3, -0.25) is 4.79 Å². The normalized spacial score (nSPS) is 26.6. The van der Waals surface area contributed by atoms with Crippen molar-refractivity contribution in [1.29, 1.82) is 0 Å². The maximum Gasteiger partial charge on any atom is 0.226 e. The zero-order valence-electron chi connectivity index (χ0n) is 13.4. The fourth-order valence-corrected chi connectivity index (χ4v) is 4.11. The first-order chi connectivity index (χ1) is 9.56. The van der Waals surface area contributed by atoms with Gasteiger partial charge >= 0.3 is 0 Å². The van der Waals surface area contributed by atoms with E-state index in [2.05, 4.69) is 18.7 Å². The van der Waals surface area contributed by atoms with Crippen LogP contribution in [0.2, 0.25) is 0 Å². The van der Waals surface area contributed by atoms with E-state index in [-0.39, 0.29) is 11.3 Å². The summed E-state index contributed by atoms with van der Waals surface area (Å²) in [6.07, 6.45) is 10.7. The Hall–Kier alpha value is -0.570. The highest BCUT2D eigenvalue weighted by molar-refractivity contribution is 5.80. The van der Waals surface area contributed by atoms with Gasteiger partial charge < -0.3 is 10.6 Å². The lowest BCUT2D eigenvalue weighted by atomic mass is 9.80. The zero-order valence-corrected chi connectivity index (χ0v) is 13.4. The molecule has 3 heteroatoms. The maximum atomic E-state index is 13.1. The van der Waals surface area contributed by atoms with Crippen molar-refractivity contribution in [3.8, 4) is 0 Å². The summed E-state index contributed by atoms with van der Waals surface area (Å²) in [4.78, 5) is 15.3. The number of nitrogens with two attached hydrogens (primary N) is 1. The number of amides is 1. The van der Waals surface area contributed by atoms with Crippen LogP contribution >= 0.6 is 0 Å². The molecule has 2 aliphatic rings. The van der Waals surface area contributed by atoms with E-state index in [1.54, 1.807) is 0 Å². The van der Waals surface area contributed by atoms with Gasteiger partial charge in [0.2, 0.25) is 5.91 Å². The quantitative estimate of drug-likeness (QED) is 0.839. The molecule has 2 saturated carbocycles. The average molecular weight is 280 g/mol. The van der Waals surface area contributed by atoms with Crippen LogP contribution in [0.5, 0.6) is 0 Å². The van der Waals surface area contributed by atoms with Gasteiger partial charge in [-0.25, -0.2) is 0 Å². The van der Waals surface area contributed by atoms with E-state index in [0.717, 1.165) is 19.4 Å².